The molecule has 0 fully saturated rings. The molecule has 100 valence electrons. The number of nitrogen functional groups attached to an aromatic ring is 1. The van der Waals surface area contributed by atoms with Crippen LogP contribution in [0.1, 0.15) is 24.8 Å². The summed E-state index contributed by atoms with van der Waals surface area (Å²) >= 11 is 1.83. The molecular weight excluding hydrogens is 244 g/mol. The van der Waals surface area contributed by atoms with Crippen LogP contribution in [0.5, 0.6) is 0 Å². The van der Waals surface area contributed by atoms with Gasteiger partial charge in [0.1, 0.15) is 0 Å². The first-order valence-corrected chi connectivity index (χ1v) is 7.72. The Bertz CT molecular complexity index is 351. The minimum atomic E-state index is 0.159. The second-order valence-corrected chi connectivity index (χ2v) is 5.28. The second-order valence-electron chi connectivity index (χ2n) is 4.29. The summed E-state index contributed by atoms with van der Waals surface area (Å²) in [6.45, 7) is 0.700. The lowest BCUT2D eigenvalue weighted by Gasteiger charge is -2.05. The third kappa shape index (κ3) is 6.55. The zero-order valence-corrected chi connectivity index (χ0v) is 11.8. The monoisotopic (exact) mass is 266 g/mol. The summed E-state index contributed by atoms with van der Waals surface area (Å²) in [6.07, 6.45) is 5.69. The van der Waals surface area contributed by atoms with E-state index in [-0.39, 0.29) is 5.91 Å². The number of hydrogen-bond acceptors (Lipinski definition) is 3. The van der Waals surface area contributed by atoms with Crippen LogP contribution in [-0.2, 0) is 11.2 Å². The van der Waals surface area contributed by atoms with Gasteiger partial charge in [0, 0.05) is 18.7 Å². The normalized spacial score (nSPS) is 10.3. The summed E-state index contributed by atoms with van der Waals surface area (Å²) < 4.78 is 0. The van der Waals surface area contributed by atoms with Crippen molar-refractivity contribution < 1.29 is 4.79 Å². The molecule has 1 aromatic carbocycles. The standard InChI is InChI=1S/C14H22N2OS/c1-18-11-3-2-4-14(17)16-10-9-12-5-7-13(15)8-6-12/h5-8H,2-4,9-11,15H2,1H3,(H,16,17). The number of rotatable bonds is 8. The summed E-state index contributed by atoms with van der Waals surface area (Å²) in [5.74, 6) is 1.30. The Labute approximate surface area is 114 Å². The molecule has 0 saturated heterocycles. The van der Waals surface area contributed by atoms with Crippen molar-refractivity contribution in [3.63, 3.8) is 0 Å². The fraction of sp³-hybridized carbons (Fsp3) is 0.500. The van der Waals surface area contributed by atoms with E-state index in [1.165, 1.54) is 5.56 Å². The molecule has 18 heavy (non-hydrogen) atoms. The molecule has 1 amide bonds. The highest BCUT2D eigenvalue weighted by Gasteiger charge is 2.00. The van der Waals surface area contributed by atoms with Crippen LogP contribution >= 0.6 is 11.8 Å². The van der Waals surface area contributed by atoms with Crippen molar-refractivity contribution in [1.29, 1.82) is 0 Å². The topological polar surface area (TPSA) is 55.1 Å². The van der Waals surface area contributed by atoms with Gasteiger partial charge in [-0.3, -0.25) is 4.79 Å². The summed E-state index contributed by atoms with van der Waals surface area (Å²) in [7, 11) is 0. The number of benzene rings is 1. The van der Waals surface area contributed by atoms with Crippen LogP contribution in [0.2, 0.25) is 0 Å². The number of hydrogen-bond donors (Lipinski definition) is 2. The summed E-state index contributed by atoms with van der Waals surface area (Å²) in [5.41, 5.74) is 7.59. The first-order valence-electron chi connectivity index (χ1n) is 6.32. The Balaban J connectivity index is 2.10. The molecular formula is C14H22N2OS. The SMILES string of the molecule is CSCCCCC(=O)NCCc1ccc(N)cc1. The Morgan fingerprint density at radius 2 is 2.00 bits per heavy atom. The second kappa shape index (κ2) is 8.86. The van der Waals surface area contributed by atoms with Gasteiger partial charge in [-0.15, -0.1) is 0 Å². The fourth-order valence-electron chi connectivity index (χ4n) is 1.65. The first kappa shape index (κ1) is 14.9. The van der Waals surface area contributed by atoms with E-state index in [1.807, 2.05) is 36.0 Å². The number of nitrogens with one attached hydrogen (secondary N) is 1. The van der Waals surface area contributed by atoms with Crippen LogP contribution in [0.3, 0.4) is 0 Å². The van der Waals surface area contributed by atoms with Gasteiger partial charge in [0.2, 0.25) is 5.91 Å². The highest BCUT2D eigenvalue weighted by Crippen LogP contribution is 2.05. The molecule has 1 rings (SSSR count). The van der Waals surface area contributed by atoms with Crippen LogP contribution in [0.15, 0.2) is 24.3 Å². The zero-order valence-electron chi connectivity index (χ0n) is 10.9. The predicted octanol–water partition coefficient (Wildman–Crippen LogP) is 2.46. The number of nitrogens with two attached hydrogens (primary N) is 1. The van der Waals surface area contributed by atoms with Crippen molar-refractivity contribution in [1.82, 2.24) is 5.32 Å². The van der Waals surface area contributed by atoms with Gasteiger partial charge in [0.25, 0.3) is 0 Å². The number of unbranched alkanes of at least 4 members (excludes halogenated alkanes) is 1. The van der Waals surface area contributed by atoms with Crippen LogP contribution in [0.25, 0.3) is 0 Å². The fourth-order valence-corrected chi connectivity index (χ4v) is 2.14. The van der Waals surface area contributed by atoms with Gasteiger partial charge in [0.15, 0.2) is 0 Å². The van der Waals surface area contributed by atoms with E-state index >= 15 is 0 Å². The molecule has 0 saturated carbocycles. The molecule has 4 heteroatoms. The minimum Gasteiger partial charge on any atom is -0.399 e. The van der Waals surface area contributed by atoms with E-state index < -0.39 is 0 Å². The molecule has 1 aromatic rings. The smallest absolute Gasteiger partial charge is 0.220 e. The largest absolute Gasteiger partial charge is 0.399 e. The Hall–Kier alpha value is -1.16. The molecule has 0 atom stereocenters. The first-order chi connectivity index (χ1) is 8.72. The van der Waals surface area contributed by atoms with E-state index in [2.05, 4.69) is 11.6 Å². The van der Waals surface area contributed by atoms with Crippen LogP contribution in [-0.4, -0.2) is 24.5 Å². The molecule has 0 heterocycles. The van der Waals surface area contributed by atoms with E-state index in [4.69, 9.17) is 5.73 Å². The van der Waals surface area contributed by atoms with Crippen molar-refractivity contribution in [2.24, 2.45) is 0 Å². The number of thioether (sulfide) groups is 1. The van der Waals surface area contributed by atoms with E-state index in [0.717, 1.165) is 30.7 Å². The van der Waals surface area contributed by atoms with Gasteiger partial charge in [0.05, 0.1) is 0 Å². The highest BCUT2D eigenvalue weighted by atomic mass is 32.2. The van der Waals surface area contributed by atoms with Crippen molar-refractivity contribution in [3.8, 4) is 0 Å². The highest BCUT2D eigenvalue weighted by molar-refractivity contribution is 7.98. The quantitative estimate of drug-likeness (QED) is 0.561. The predicted molar refractivity (Wildman–Crippen MR) is 79.8 cm³/mol. The zero-order chi connectivity index (χ0) is 13.2. The molecule has 0 aliphatic heterocycles. The minimum absolute atomic E-state index is 0.159. The van der Waals surface area contributed by atoms with Gasteiger partial charge in [-0.2, -0.15) is 11.8 Å². The summed E-state index contributed by atoms with van der Waals surface area (Å²) in [5, 5.41) is 2.95. The lowest BCUT2D eigenvalue weighted by molar-refractivity contribution is -0.121. The van der Waals surface area contributed by atoms with Crippen molar-refractivity contribution in [3.05, 3.63) is 29.8 Å². The van der Waals surface area contributed by atoms with Gasteiger partial charge in [-0.1, -0.05) is 12.1 Å². The van der Waals surface area contributed by atoms with Crippen molar-refractivity contribution >= 4 is 23.4 Å². The molecule has 0 spiro atoms. The summed E-state index contributed by atoms with van der Waals surface area (Å²) in [6, 6.07) is 7.78. The summed E-state index contributed by atoms with van der Waals surface area (Å²) in [4.78, 5) is 11.5. The van der Waals surface area contributed by atoms with Gasteiger partial charge in [-0.25, -0.2) is 0 Å². The number of amides is 1. The van der Waals surface area contributed by atoms with Gasteiger partial charge < -0.3 is 11.1 Å². The van der Waals surface area contributed by atoms with E-state index in [9.17, 15) is 4.79 Å². The molecule has 3 N–H and O–H groups in total. The number of carbonyl (C=O) groups is 1. The Morgan fingerprint density at radius 3 is 2.67 bits per heavy atom. The van der Waals surface area contributed by atoms with Crippen molar-refractivity contribution in [2.75, 3.05) is 24.3 Å². The van der Waals surface area contributed by atoms with Gasteiger partial charge in [-0.05, 0) is 49.0 Å². The molecule has 0 unspecified atom stereocenters. The number of anilines is 1. The maximum atomic E-state index is 11.5. The van der Waals surface area contributed by atoms with E-state index in [1.54, 1.807) is 0 Å². The van der Waals surface area contributed by atoms with Gasteiger partial charge >= 0.3 is 0 Å². The average Bonchev–Trinajstić information content (AvgIpc) is 2.37. The van der Waals surface area contributed by atoms with Crippen LogP contribution in [0, 0.1) is 0 Å². The Kier molecular flexibility index (Phi) is 7.34. The third-order valence-corrected chi connectivity index (χ3v) is 3.41. The number of carbonyl (C=O) groups excluding carboxylic acids is 1. The Morgan fingerprint density at radius 1 is 1.28 bits per heavy atom. The average molecular weight is 266 g/mol. The third-order valence-electron chi connectivity index (χ3n) is 2.72. The molecule has 0 bridgehead atoms. The van der Waals surface area contributed by atoms with E-state index in [0.29, 0.717) is 13.0 Å². The molecule has 0 aliphatic rings. The van der Waals surface area contributed by atoms with Crippen LogP contribution < -0.4 is 11.1 Å². The maximum Gasteiger partial charge on any atom is 0.220 e. The van der Waals surface area contributed by atoms with Crippen molar-refractivity contribution in [2.45, 2.75) is 25.7 Å². The molecule has 0 radical (unpaired) electrons. The van der Waals surface area contributed by atoms with Crippen LogP contribution in [0.4, 0.5) is 5.69 Å². The lowest BCUT2D eigenvalue weighted by atomic mass is 10.1. The molecule has 0 aromatic heterocycles. The lowest BCUT2D eigenvalue weighted by Crippen LogP contribution is -2.25. The maximum absolute atomic E-state index is 11.5. The molecule has 3 nitrogen and oxygen atoms in total. The molecule has 0 aliphatic carbocycles.